The minimum absolute atomic E-state index is 0.0575. The molecule has 1 saturated carbocycles. The molecule has 0 radical (unpaired) electrons. The summed E-state index contributed by atoms with van der Waals surface area (Å²) >= 11 is 1.16. The summed E-state index contributed by atoms with van der Waals surface area (Å²) in [6.45, 7) is 10.9. The lowest BCUT2D eigenvalue weighted by molar-refractivity contribution is -0.142. The maximum atomic E-state index is 14.3. The van der Waals surface area contributed by atoms with Crippen molar-refractivity contribution in [3.05, 3.63) is 47.0 Å². The fourth-order valence-corrected chi connectivity index (χ4v) is 8.24. The predicted molar refractivity (Wildman–Crippen MR) is 195 cm³/mol. The molecule has 0 bridgehead atoms. The number of aromatic nitrogens is 1. The van der Waals surface area contributed by atoms with E-state index in [1.165, 1.54) is 20.8 Å². The number of hydrogen-bond acceptors (Lipinski definition) is 11. The number of nitrogens with one attached hydrogen (secondary N) is 3. The topological polar surface area (TPSA) is 167 Å². The van der Waals surface area contributed by atoms with Crippen LogP contribution in [0.2, 0.25) is 0 Å². The van der Waals surface area contributed by atoms with Gasteiger partial charge in [-0.15, -0.1) is 11.3 Å². The summed E-state index contributed by atoms with van der Waals surface area (Å²) in [5, 5.41) is 23.1. The minimum atomic E-state index is -3.79. The van der Waals surface area contributed by atoms with Crippen molar-refractivity contribution < 1.29 is 32.6 Å². The number of likely N-dealkylation sites (tertiary alicyclic amines) is 1. The Hall–Kier alpha value is -3.07. The van der Waals surface area contributed by atoms with E-state index in [-0.39, 0.29) is 30.6 Å². The van der Waals surface area contributed by atoms with Gasteiger partial charge in [-0.25, -0.2) is 13.4 Å². The molecule has 2 aromatic rings. The van der Waals surface area contributed by atoms with Gasteiger partial charge in [-0.05, 0) is 71.3 Å². The number of anilines is 1. The molecule has 1 aromatic heterocycles. The Morgan fingerprint density at radius 1 is 1.08 bits per heavy atom. The van der Waals surface area contributed by atoms with Crippen LogP contribution in [0.5, 0.6) is 0 Å². The quantitative estimate of drug-likeness (QED) is 0.210. The second-order valence-electron chi connectivity index (χ2n) is 15.5. The van der Waals surface area contributed by atoms with Crippen LogP contribution in [0.4, 0.5) is 5.13 Å². The number of rotatable bonds is 14. The minimum Gasteiger partial charge on any atom is -0.459 e. The smallest absolute Gasteiger partial charge is 0.303 e. The van der Waals surface area contributed by atoms with Gasteiger partial charge in [0.2, 0.25) is 11.8 Å². The fraction of sp³-hybridized carbons (Fsp3) is 0.667. The molecule has 1 aliphatic carbocycles. The molecule has 4 N–H and O–H groups in total. The van der Waals surface area contributed by atoms with Crippen LogP contribution in [-0.4, -0.2) is 95.1 Å². The maximum absolute atomic E-state index is 14.3. The van der Waals surface area contributed by atoms with E-state index in [4.69, 9.17) is 4.74 Å². The highest BCUT2D eigenvalue weighted by molar-refractivity contribution is 7.92. The van der Waals surface area contributed by atoms with Crippen molar-refractivity contribution in [3.8, 4) is 0 Å². The van der Waals surface area contributed by atoms with E-state index in [0.717, 1.165) is 55.3 Å². The van der Waals surface area contributed by atoms with Gasteiger partial charge in [-0.1, -0.05) is 49.6 Å². The summed E-state index contributed by atoms with van der Waals surface area (Å²) in [6, 6.07) is 6.96. The molecule has 1 saturated heterocycles. The molecule has 2 fully saturated rings. The number of fused-ring (bicyclic) bond motifs is 1. The number of thiazole rings is 1. The van der Waals surface area contributed by atoms with Crippen molar-refractivity contribution in [1.82, 2.24) is 20.5 Å². The first kappa shape index (κ1) is 39.7. The third-order valence-corrected chi connectivity index (χ3v) is 12.9. The van der Waals surface area contributed by atoms with Gasteiger partial charge < -0.3 is 25.8 Å². The van der Waals surface area contributed by atoms with Gasteiger partial charge in [0.15, 0.2) is 15.0 Å². The molecular weight excluding hydrogens is 679 g/mol. The second-order valence-corrected chi connectivity index (χ2v) is 19.0. The van der Waals surface area contributed by atoms with E-state index in [1.807, 2.05) is 51.1 Å². The lowest BCUT2D eigenvalue weighted by atomic mass is 9.72. The number of β-amino-alcohol motifs (C(OH)–C–C–N with tert-alkyl or cyclic N) is 1. The molecule has 12 nitrogen and oxygen atoms in total. The molecule has 0 spiro atoms. The normalized spacial score (nSPS) is 22.0. The number of carbonyl (C=O) groups is 3. The number of carbonyl (C=O) groups excluding carboxylic acids is 3. The van der Waals surface area contributed by atoms with Crippen LogP contribution in [0.3, 0.4) is 0 Å². The molecule has 14 heteroatoms. The van der Waals surface area contributed by atoms with E-state index >= 15 is 0 Å². The zero-order chi connectivity index (χ0) is 36.9. The molecule has 2 amide bonds. The Balaban J connectivity index is 1.61. The van der Waals surface area contributed by atoms with E-state index in [0.29, 0.717) is 24.1 Å². The zero-order valence-electron chi connectivity index (χ0n) is 30.4. The summed E-state index contributed by atoms with van der Waals surface area (Å²) in [5.74, 6) is -0.253. The number of amides is 2. The molecular formula is C36H55N5O7S2. The predicted octanol–water partition coefficient (Wildman–Crippen LogP) is 3.69. The second kappa shape index (κ2) is 16.5. The van der Waals surface area contributed by atoms with Gasteiger partial charge >= 0.3 is 5.97 Å². The largest absolute Gasteiger partial charge is 0.459 e. The van der Waals surface area contributed by atoms with Crippen LogP contribution < -0.4 is 16.0 Å². The van der Waals surface area contributed by atoms with Crippen molar-refractivity contribution in [3.63, 3.8) is 0 Å². The van der Waals surface area contributed by atoms with Crippen LogP contribution in [0, 0.1) is 11.8 Å². The first-order valence-corrected chi connectivity index (χ1v) is 20.2. The van der Waals surface area contributed by atoms with Gasteiger partial charge in [-0.2, -0.15) is 0 Å². The van der Waals surface area contributed by atoms with Crippen LogP contribution >= 0.6 is 11.3 Å². The summed E-state index contributed by atoms with van der Waals surface area (Å²) in [5.41, 5.74) is 0.918. The summed E-state index contributed by atoms with van der Waals surface area (Å²) in [7, 11) is -3.79. The Labute approximate surface area is 301 Å². The third-order valence-electron chi connectivity index (χ3n) is 9.97. The van der Waals surface area contributed by atoms with Crippen molar-refractivity contribution in [1.29, 1.82) is 0 Å². The zero-order valence-corrected chi connectivity index (χ0v) is 32.0. The number of nitrogens with zero attached hydrogens (tertiary/aromatic N) is 2. The SMILES string of the molecule is CC(=O)OCc1csc(N[C@H](C(=O)N[C@@H](Cc2ccccc2)[C@H](O)CN2CC3CCCCC3C[C@H]2C(=O)NC(C)(C)C)C(C)(C)S(C)(=O)=O)n1. The molecule has 50 heavy (non-hydrogen) atoms. The molecule has 6 atom stereocenters. The Bertz CT molecular complexity index is 1570. The number of piperidine rings is 1. The monoisotopic (exact) mass is 733 g/mol. The highest BCUT2D eigenvalue weighted by atomic mass is 32.2. The van der Waals surface area contributed by atoms with E-state index in [1.54, 1.807) is 5.38 Å². The number of ether oxygens (including phenoxy) is 1. The Kier molecular flexibility index (Phi) is 13.1. The molecule has 2 unspecified atom stereocenters. The summed E-state index contributed by atoms with van der Waals surface area (Å²) < 4.78 is 29.6. The number of hydrogen-bond donors (Lipinski definition) is 4. The number of esters is 1. The van der Waals surface area contributed by atoms with Crippen LogP contribution in [0.1, 0.15) is 84.9 Å². The van der Waals surface area contributed by atoms with E-state index < -0.39 is 56.2 Å². The van der Waals surface area contributed by atoms with Crippen LogP contribution in [-0.2, 0) is 42.0 Å². The van der Waals surface area contributed by atoms with Crippen LogP contribution in [0.25, 0.3) is 0 Å². The maximum Gasteiger partial charge on any atom is 0.303 e. The Morgan fingerprint density at radius 3 is 2.36 bits per heavy atom. The first-order chi connectivity index (χ1) is 23.3. The lowest BCUT2D eigenvalue weighted by Gasteiger charge is -2.47. The standard InChI is InChI=1S/C36H55N5O7S2/c1-23(42)48-21-27-22-49-34(37-27)39-31(36(5,6)50(7,46)47)33(45)38-28(17-24-13-9-8-10-14-24)30(43)20-41-19-26-16-12-11-15-25(26)18-29(41)32(44)40-35(2,3)4/h8-10,13-14,22,25-26,28-31,43H,11-12,15-21H2,1-7H3,(H,37,39)(H,38,45)(H,40,44)/t25?,26?,28-,29-,30+,31+/m0/s1. The summed E-state index contributed by atoms with van der Waals surface area (Å²) in [4.78, 5) is 45.7. The molecule has 278 valence electrons. The van der Waals surface area contributed by atoms with Crippen molar-refractivity contribution in [2.24, 2.45) is 11.8 Å². The highest BCUT2D eigenvalue weighted by Gasteiger charge is 2.46. The Morgan fingerprint density at radius 2 is 1.74 bits per heavy atom. The first-order valence-electron chi connectivity index (χ1n) is 17.5. The number of sulfone groups is 1. The number of benzene rings is 1. The van der Waals surface area contributed by atoms with Crippen molar-refractivity contribution in [2.75, 3.05) is 24.7 Å². The highest BCUT2D eigenvalue weighted by Crippen LogP contribution is 2.39. The van der Waals surface area contributed by atoms with E-state index in [9.17, 15) is 27.9 Å². The molecule has 4 rings (SSSR count). The average Bonchev–Trinajstić information content (AvgIpc) is 3.48. The number of aliphatic hydroxyl groups is 1. The van der Waals surface area contributed by atoms with Crippen LogP contribution in [0.15, 0.2) is 35.7 Å². The molecule has 2 aliphatic rings. The van der Waals surface area contributed by atoms with E-state index in [2.05, 4.69) is 25.8 Å². The average molecular weight is 734 g/mol. The molecule has 2 heterocycles. The summed E-state index contributed by atoms with van der Waals surface area (Å²) in [6.07, 6.45) is 5.50. The fourth-order valence-electron chi connectivity index (χ4n) is 6.92. The van der Waals surface area contributed by atoms with Crippen molar-refractivity contribution in [2.45, 2.75) is 121 Å². The van der Waals surface area contributed by atoms with Gasteiger partial charge in [-0.3, -0.25) is 19.3 Å². The van der Waals surface area contributed by atoms with Gasteiger partial charge in [0.25, 0.3) is 0 Å². The third kappa shape index (κ3) is 10.7. The van der Waals surface area contributed by atoms with Crippen molar-refractivity contribution >= 4 is 44.1 Å². The van der Waals surface area contributed by atoms with Gasteiger partial charge in [0, 0.05) is 37.2 Å². The van der Waals surface area contributed by atoms with Gasteiger partial charge in [0.1, 0.15) is 12.6 Å². The molecule has 1 aliphatic heterocycles. The lowest BCUT2D eigenvalue weighted by Crippen LogP contribution is -2.62. The number of aliphatic hydroxyl groups excluding tert-OH is 1. The molecule has 1 aromatic carbocycles. The van der Waals surface area contributed by atoms with Gasteiger partial charge in [0.05, 0.1) is 28.6 Å².